The summed E-state index contributed by atoms with van der Waals surface area (Å²) in [5, 5.41) is 14.0. The van der Waals surface area contributed by atoms with E-state index in [-0.39, 0.29) is 37.7 Å². The molecule has 3 N–H and O–H groups in total. The highest BCUT2D eigenvalue weighted by Crippen LogP contribution is 2.37. The van der Waals surface area contributed by atoms with E-state index in [0.717, 1.165) is 0 Å². The molecule has 1 saturated carbocycles. The van der Waals surface area contributed by atoms with Crippen molar-refractivity contribution in [2.24, 2.45) is 10.9 Å². The number of halogens is 6. The predicted molar refractivity (Wildman–Crippen MR) is 68.4 cm³/mol. The van der Waals surface area contributed by atoms with Crippen molar-refractivity contribution in [1.82, 2.24) is 10.6 Å². The largest absolute Gasteiger partial charge is 0.416 e. The molecule has 1 fully saturated rings. The van der Waals surface area contributed by atoms with E-state index in [4.69, 9.17) is 5.11 Å². The van der Waals surface area contributed by atoms with E-state index in [2.05, 4.69) is 15.6 Å². The molecule has 0 heterocycles. The summed E-state index contributed by atoms with van der Waals surface area (Å²) in [5.74, 6) is -1.30. The summed E-state index contributed by atoms with van der Waals surface area (Å²) < 4.78 is 74.1. The fraction of sp³-hybridized carbons (Fsp3) is 0.917. The zero-order valence-electron chi connectivity index (χ0n) is 11.9. The van der Waals surface area contributed by atoms with Crippen molar-refractivity contribution < 1.29 is 31.4 Å². The molecule has 1 unspecified atom stereocenters. The minimum Gasteiger partial charge on any atom is -0.382 e. The average Bonchev–Trinajstić information content (AvgIpc) is 2.41. The van der Waals surface area contributed by atoms with Gasteiger partial charge in [-0.3, -0.25) is 4.99 Å². The number of guanidine groups is 1. The Bertz CT molecular complexity index is 374. The van der Waals surface area contributed by atoms with Gasteiger partial charge < -0.3 is 15.7 Å². The maximum absolute atomic E-state index is 12.5. The van der Waals surface area contributed by atoms with Crippen molar-refractivity contribution in [3.63, 3.8) is 0 Å². The molecular formula is C12H19F6N3O. The highest BCUT2D eigenvalue weighted by Gasteiger charge is 2.41. The van der Waals surface area contributed by atoms with Gasteiger partial charge in [-0.2, -0.15) is 26.3 Å². The standard InChI is InChI=1S/C12H19F6N3O/c1-19-10(20-6-9(22)12(16,17)18)21-8-4-2-7(3-5-8)11(13,14)15/h7-9,22H,2-6H2,1H3,(H2,19,20,21). The molecule has 10 heteroatoms. The summed E-state index contributed by atoms with van der Waals surface area (Å²) >= 11 is 0. The van der Waals surface area contributed by atoms with Crippen molar-refractivity contribution in [3.8, 4) is 0 Å². The number of aliphatic hydroxyl groups is 1. The smallest absolute Gasteiger partial charge is 0.382 e. The molecule has 1 aliphatic carbocycles. The van der Waals surface area contributed by atoms with Gasteiger partial charge in [0.05, 0.1) is 12.5 Å². The number of rotatable bonds is 3. The molecule has 1 aliphatic rings. The van der Waals surface area contributed by atoms with Gasteiger partial charge in [-0.15, -0.1) is 0 Å². The van der Waals surface area contributed by atoms with Gasteiger partial charge in [-0.25, -0.2) is 0 Å². The monoisotopic (exact) mass is 335 g/mol. The number of hydrogen-bond donors (Lipinski definition) is 3. The predicted octanol–water partition coefficient (Wildman–Crippen LogP) is 2.20. The third-order valence-corrected chi connectivity index (χ3v) is 3.60. The van der Waals surface area contributed by atoms with Crippen LogP contribution in [0.4, 0.5) is 26.3 Å². The van der Waals surface area contributed by atoms with Crippen molar-refractivity contribution in [2.75, 3.05) is 13.6 Å². The average molecular weight is 335 g/mol. The van der Waals surface area contributed by atoms with Crippen LogP contribution in [0, 0.1) is 5.92 Å². The summed E-state index contributed by atoms with van der Waals surface area (Å²) in [4.78, 5) is 3.70. The number of aliphatic hydroxyl groups excluding tert-OH is 1. The Morgan fingerprint density at radius 3 is 2.09 bits per heavy atom. The summed E-state index contributed by atoms with van der Waals surface area (Å²) in [6.45, 7) is -0.777. The second-order valence-corrected chi connectivity index (χ2v) is 5.25. The van der Waals surface area contributed by atoms with Crippen LogP contribution in [0.3, 0.4) is 0 Å². The minimum atomic E-state index is -4.74. The second kappa shape index (κ2) is 7.38. The SMILES string of the molecule is CN=C(NCC(O)C(F)(F)F)NC1CCC(C(F)(F)F)CC1. The molecule has 130 valence electrons. The van der Waals surface area contributed by atoms with Crippen LogP contribution in [0.25, 0.3) is 0 Å². The summed E-state index contributed by atoms with van der Waals surface area (Å²) in [6.07, 6.45) is -11.0. The normalized spacial score (nSPS) is 25.7. The van der Waals surface area contributed by atoms with Crippen molar-refractivity contribution in [1.29, 1.82) is 0 Å². The maximum Gasteiger partial charge on any atom is 0.416 e. The first-order chi connectivity index (χ1) is 10.0. The Balaban J connectivity index is 2.39. The molecule has 0 saturated heterocycles. The molecule has 0 aromatic carbocycles. The Hall–Kier alpha value is -1.19. The maximum atomic E-state index is 12.5. The zero-order valence-corrected chi connectivity index (χ0v) is 11.9. The van der Waals surface area contributed by atoms with E-state index in [9.17, 15) is 26.3 Å². The van der Waals surface area contributed by atoms with E-state index in [0.29, 0.717) is 0 Å². The van der Waals surface area contributed by atoms with Gasteiger partial charge in [-0.05, 0) is 25.7 Å². The van der Waals surface area contributed by atoms with Gasteiger partial charge in [-0.1, -0.05) is 0 Å². The number of nitrogens with zero attached hydrogens (tertiary/aromatic N) is 1. The summed E-state index contributed by atoms with van der Waals surface area (Å²) in [6, 6.07) is -0.284. The zero-order chi connectivity index (χ0) is 17.0. The molecule has 0 aliphatic heterocycles. The van der Waals surface area contributed by atoms with Crippen LogP contribution in [0.2, 0.25) is 0 Å². The summed E-state index contributed by atoms with van der Waals surface area (Å²) in [5.41, 5.74) is 0. The van der Waals surface area contributed by atoms with Gasteiger partial charge in [0.2, 0.25) is 0 Å². The lowest BCUT2D eigenvalue weighted by Gasteiger charge is -2.31. The number of alkyl halides is 6. The lowest BCUT2D eigenvalue weighted by Crippen LogP contribution is -2.49. The van der Waals surface area contributed by atoms with Gasteiger partial charge in [0.25, 0.3) is 0 Å². The lowest BCUT2D eigenvalue weighted by molar-refractivity contribution is -0.201. The van der Waals surface area contributed by atoms with E-state index in [1.165, 1.54) is 7.05 Å². The first kappa shape index (κ1) is 18.9. The molecule has 0 spiro atoms. The third-order valence-electron chi connectivity index (χ3n) is 3.60. The van der Waals surface area contributed by atoms with Crippen LogP contribution < -0.4 is 10.6 Å². The lowest BCUT2D eigenvalue weighted by atomic mass is 9.85. The van der Waals surface area contributed by atoms with Crippen molar-refractivity contribution >= 4 is 5.96 Å². The van der Waals surface area contributed by atoms with Gasteiger partial charge in [0, 0.05) is 13.1 Å². The van der Waals surface area contributed by atoms with Crippen LogP contribution in [-0.2, 0) is 0 Å². The van der Waals surface area contributed by atoms with E-state index >= 15 is 0 Å². The first-order valence-corrected chi connectivity index (χ1v) is 6.82. The van der Waals surface area contributed by atoms with Crippen LogP contribution in [0.5, 0.6) is 0 Å². The van der Waals surface area contributed by atoms with Gasteiger partial charge in [0.15, 0.2) is 12.1 Å². The second-order valence-electron chi connectivity index (χ2n) is 5.25. The Morgan fingerprint density at radius 1 is 1.14 bits per heavy atom. The number of hydrogen-bond acceptors (Lipinski definition) is 2. The quantitative estimate of drug-likeness (QED) is 0.421. The minimum absolute atomic E-state index is 0.0245. The Kier molecular flexibility index (Phi) is 6.33. The molecule has 0 radical (unpaired) electrons. The van der Waals surface area contributed by atoms with Crippen LogP contribution in [0.1, 0.15) is 25.7 Å². The van der Waals surface area contributed by atoms with E-state index < -0.39 is 30.9 Å². The van der Waals surface area contributed by atoms with Crippen molar-refractivity contribution in [2.45, 2.75) is 50.2 Å². The molecule has 1 rings (SSSR count). The first-order valence-electron chi connectivity index (χ1n) is 6.82. The molecule has 22 heavy (non-hydrogen) atoms. The number of aliphatic imine (C=N–C) groups is 1. The molecule has 4 nitrogen and oxygen atoms in total. The number of nitrogens with one attached hydrogen (secondary N) is 2. The molecular weight excluding hydrogens is 316 g/mol. The Morgan fingerprint density at radius 2 is 1.68 bits per heavy atom. The molecule has 0 aromatic heterocycles. The van der Waals surface area contributed by atoms with Gasteiger partial charge in [0.1, 0.15) is 0 Å². The topological polar surface area (TPSA) is 56.7 Å². The summed E-state index contributed by atoms with van der Waals surface area (Å²) in [7, 11) is 1.33. The molecule has 1 atom stereocenters. The highest BCUT2D eigenvalue weighted by molar-refractivity contribution is 5.80. The molecule has 0 aromatic rings. The van der Waals surface area contributed by atoms with Crippen molar-refractivity contribution in [3.05, 3.63) is 0 Å². The van der Waals surface area contributed by atoms with Gasteiger partial charge >= 0.3 is 12.4 Å². The van der Waals surface area contributed by atoms with E-state index in [1.807, 2.05) is 0 Å². The van der Waals surface area contributed by atoms with E-state index in [1.54, 1.807) is 0 Å². The fourth-order valence-electron chi connectivity index (χ4n) is 2.26. The van der Waals surface area contributed by atoms with Crippen LogP contribution in [0.15, 0.2) is 4.99 Å². The van der Waals surface area contributed by atoms with Crippen LogP contribution >= 0.6 is 0 Å². The third kappa shape index (κ3) is 5.90. The highest BCUT2D eigenvalue weighted by atomic mass is 19.4. The Labute approximate surface area is 124 Å². The van der Waals surface area contributed by atoms with Crippen LogP contribution in [-0.4, -0.2) is 49.2 Å². The molecule has 0 bridgehead atoms. The molecule has 0 amide bonds. The fourth-order valence-corrected chi connectivity index (χ4v) is 2.26.